The van der Waals surface area contributed by atoms with Gasteiger partial charge in [-0.2, -0.15) is 0 Å². The first-order valence-corrected chi connectivity index (χ1v) is 10.5. The van der Waals surface area contributed by atoms with Crippen LogP contribution in [0.25, 0.3) is 0 Å². The van der Waals surface area contributed by atoms with E-state index < -0.39 is 21.7 Å². The molecule has 0 aliphatic rings. The molecule has 0 spiro atoms. The molecule has 0 radical (unpaired) electrons. The number of ether oxygens (including phenoxy) is 1. The highest BCUT2D eigenvalue weighted by atomic mass is 32.2. The fraction of sp³-hybridized carbons (Fsp3) is 0.136. The zero-order chi connectivity index (χ0) is 21.7. The van der Waals surface area contributed by atoms with Gasteiger partial charge >= 0.3 is 0 Å². The molecular formula is C22H21FN2O4S. The van der Waals surface area contributed by atoms with Gasteiger partial charge in [-0.3, -0.25) is 9.10 Å². The van der Waals surface area contributed by atoms with E-state index in [4.69, 9.17) is 4.74 Å². The number of carbonyl (C=O) groups excluding carboxylic acids is 1. The van der Waals surface area contributed by atoms with Gasteiger partial charge in [0.05, 0.1) is 17.7 Å². The molecule has 1 amide bonds. The average Bonchev–Trinajstić information content (AvgIpc) is 2.78. The van der Waals surface area contributed by atoms with Gasteiger partial charge in [0.25, 0.3) is 15.9 Å². The number of nitrogens with zero attached hydrogens (tertiary/aromatic N) is 1. The van der Waals surface area contributed by atoms with E-state index in [0.717, 1.165) is 4.31 Å². The van der Waals surface area contributed by atoms with Crippen molar-refractivity contribution in [1.82, 2.24) is 5.32 Å². The van der Waals surface area contributed by atoms with Gasteiger partial charge in [-0.15, -0.1) is 0 Å². The van der Waals surface area contributed by atoms with Crippen molar-refractivity contribution in [2.75, 3.05) is 18.5 Å². The normalized spacial score (nSPS) is 11.0. The van der Waals surface area contributed by atoms with Gasteiger partial charge < -0.3 is 10.1 Å². The second-order valence-corrected chi connectivity index (χ2v) is 8.44. The van der Waals surface area contributed by atoms with Crippen molar-refractivity contribution in [3.8, 4) is 5.75 Å². The number of anilines is 1. The molecule has 3 aromatic carbocycles. The maximum Gasteiger partial charge on any atom is 0.264 e. The first-order valence-electron chi connectivity index (χ1n) is 9.07. The van der Waals surface area contributed by atoms with Crippen LogP contribution in [0.2, 0.25) is 0 Å². The standard InChI is InChI=1S/C22H21FN2O4S/c1-25(18-10-12-19(29-2)13-11-18)30(27,28)20-8-5-7-16(14-20)22(26)24-15-17-6-3-4-9-21(17)23/h3-14H,15H2,1-2H3,(H,24,26). The summed E-state index contributed by atoms with van der Waals surface area (Å²) in [5.74, 6) is -0.310. The zero-order valence-corrected chi connectivity index (χ0v) is 17.3. The summed E-state index contributed by atoms with van der Waals surface area (Å²) < 4.78 is 45.9. The van der Waals surface area contributed by atoms with Gasteiger partial charge in [0, 0.05) is 24.7 Å². The van der Waals surface area contributed by atoms with Gasteiger partial charge in [-0.1, -0.05) is 24.3 Å². The summed E-state index contributed by atoms with van der Waals surface area (Å²) in [5, 5.41) is 2.61. The van der Waals surface area contributed by atoms with Gasteiger partial charge in [0.1, 0.15) is 11.6 Å². The minimum absolute atomic E-state index is 0.00572. The molecule has 1 N–H and O–H groups in total. The predicted octanol–water partition coefficient (Wildman–Crippen LogP) is 3.59. The number of nitrogens with one attached hydrogen (secondary N) is 1. The van der Waals surface area contributed by atoms with Gasteiger partial charge in [-0.25, -0.2) is 12.8 Å². The number of carbonyl (C=O) groups is 1. The van der Waals surface area contributed by atoms with Crippen molar-refractivity contribution in [2.45, 2.75) is 11.4 Å². The Labute approximate surface area is 175 Å². The number of hydrogen-bond acceptors (Lipinski definition) is 4. The fourth-order valence-corrected chi connectivity index (χ4v) is 4.05. The van der Waals surface area contributed by atoms with E-state index in [1.54, 1.807) is 42.5 Å². The second-order valence-electron chi connectivity index (χ2n) is 6.47. The summed E-state index contributed by atoms with van der Waals surface area (Å²) in [4.78, 5) is 12.4. The number of benzene rings is 3. The highest BCUT2D eigenvalue weighted by Gasteiger charge is 2.22. The minimum Gasteiger partial charge on any atom is -0.497 e. The Kier molecular flexibility index (Phi) is 6.37. The lowest BCUT2D eigenvalue weighted by Gasteiger charge is -2.20. The van der Waals surface area contributed by atoms with E-state index in [-0.39, 0.29) is 17.0 Å². The highest BCUT2D eigenvalue weighted by molar-refractivity contribution is 7.92. The maximum absolute atomic E-state index is 13.7. The molecule has 3 aromatic rings. The van der Waals surface area contributed by atoms with Crippen molar-refractivity contribution in [3.05, 3.63) is 89.7 Å². The number of methoxy groups -OCH3 is 1. The Morgan fingerprint density at radius 2 is 1.73 bits per heavy atom. The van der Waals surface area contributed by atoms with E-state index >= 15 is 0 Å². The lowest BCUT2D eigenvalue weighted by Crippen LogP contribution is -2.27. The number of rotatable bonds is 7. The molecule has 8 heteroatoms. The van der Waals surface area contributed by atoms with Crippen LogP contribution in [0.4, 0.5) is 10.1 Å². The Hall–Kier alpha value is -3.39. The molecule has 0 unspecified atom stereocenters. The van der Waals surface area contributed by atoms with Gasteiger partial charge in [0.2, 0.25) is 0 Å². The number of hydrogen-bond donors (Lipinski definition) is 1. The van der Waals surface area contributed by atoms with Crippen molar-refractivity contribution < 1.29 is 22.3 Å². The lowest BCUT2D eigenvalue weighted by atomic mass is 10.2. The molecule has 3 rings (SSSR count). The average molecular weight is 428 g/mol. The van der Waals surface area contributed by atoms with Crippen LogP contribution in [0.3, 0.4) is 0 Å². The summed E-state index contributed by atoms with van der Waals surface area (Å²) in [5.41, 5.74) is 0.953. The van der Waals surface area contributed by atoms with Crippen molar-refractivity contribution in [2.24, 2.45) is 0 Å². The van der Waals surface area contributed by atoms with Crippen LogP contribution in [0.5, 0.6) is 5.75 Å². The van der Waals surface area contributed by atoms with Crippen LogP contribution in [0.1, 0.15) is 15.9 Å². The van der Waals surface area contributed by atoms with Gasteiger partial charge in [-0.05, 0) is 48.5 Å². The molecule has 0 atom stereocenters. The third-order valence-corrected chi connectivity index (χ3v) is 6.37. The SMILES string of the molecule is COc1ccc(N(C)S(=O)(=O)c2cccc(C(=O)NCc3ccccc3F)c2)cc1. The predicted molar refractivity (Wildman–Crippen MR) is 113 cm³/mol. The monoisotopic (exact) mass is 428 g/mol. The summed E-state index contributed by atoms with van der Waals surface area (Å²) in [6.45, 7) is -0.00572. The van der Waals surface area contributed by atoms with E-state index in [2.05, 4.69) is 5.32 Å². The van der Waals surface area contributed by atoms with Crippen molar-refractivity contribution >= 4 is 21.6 Å². The molecule has 0 saturated carbocycles. The topological polar surface area (TPSA) is 75.7 Å². The molecular weight excluding hydrogens is 407 g/mol. The summed E-state index contributed by atoms with van der Waals surface area (Å²) >= 11 is 0. The summed E-state index contributed by atoms with van der Waals surface area (Å²) in [7, 11) is -0.930. The molecule has 0 aliphatic heterocycles. The van der Waals surface area contributed by atoms with Crippen molar-refractivity contribution in [3.63, 3.8) is 0 Å². The molecule has 0 aliphatic carbocycles. The third-order valence-electron chi connectivity index (χ3n) is 4.59. The Morgan fingerprint density at radius 1 is 1.03 bits per heavy atom. The van der Waals surface area contributed by atoms with Crippen LogP contribution in [0.15, 0.2) is 77.7 Å². The molecule has 0 saturated heterocycles. The first kappa shape index (κ1) is 21.3. The first-order chi connectivity index (χ1) is 14.3. The largest absolute Gasteiger partial charge is 0.497 e. The van der Waals surface area contributed by atoms with E-state index in [9.17, 15) is 17.6 Å². The highest BCUT2D eigenvalue weighted by Crippen LogP contribution is 2.24. The number of sulfonamides is 1. The number of amides is 1. The molecule has 30 heavy (non-hydrogen) atoms. The summed E-state index contributed by atoms with van der Waals surface area (Å²) in [6, 6.07) is 18.4. The fourth-order valence-electron chi connectivity index (χ4n) is 2.81. The van der Waals surface area contributed by atoms with Crippen molar-refractivity contribution in [1.29, 1.82) is 0 Å². The molecule has 0 fully saturated rings. The summed E-state index contributed by atoms with van der Waals surface area (Å²) in [6.07, 6.45) is 0. The molecule has 6 nitrogen and oxygen atoms in total. The van der Waals surface area contributed by atoms with Crippen LogP contribution < -0.4 is 14.4 Å². The number of halogens is 1. The smallest absolute Gasteiger partial charge is 0.264 e. The van der Waals surface area contributed by atoms with E-state index in [0.29, 0.717) is 17.0 Å². The van der Waals surface area contributed by atoms with Crippen LogP contribution in [0, 0.1) is 5.82 Å². The Bertz CT molecular complexity index is 1150. The molecule has 0 aromatic heterocycles. The van der Waals surface area contributed by atoms with E-state index in [1.165, 1.54) is 44.5 Å². The quantitative estimate of drug-likeness (QED) is 0.624. The minimum atomic E-state index is -3.89. The lowest BCUT2D eigenvalue weighted by molar-refractivity contribution is 0.0950. The third kappa shape index (κ3) is 4.60. The van der Waals surface area contributed by atoms with Gasteiger partial charge in [0.15, 0.2) is 0 Å². The van der Waals surface area contributed by atoms with E-state index in [1.807, 2.05) is 0 Å². The van der Waals surface area contributed by atoms with Crippen LogP contribution in [-0.4, -0.2) is 28.5 Å². The Balaban J connectivity index is 1.79. The maximum atomic E-state index is 13.7. The molecule has 0 heterocycles. The van der Waals surface area contributed by atoms with Crippen LogP contribution >= 0.6 is 0 Å². The zero-order valence-electron chi connectivity index (χ0n) is 16.5. The molecule has 0 bridgehead atoms. The Morgan fingerprint density at radius 3 is 2.40 bits per heavy atom. The second kappa shape index (κ2) is 8.96. The van der Waals surface area contributed by atoms with Crippen LogP contribution in [-0.2, 0) is 16.6 Å². The molecule has 156 valence electrons.